The summed E-state index contributed by atoms with van der Waals surface area (Å²) in [6.45, 7) is 0.411. The van der Waals surface area contributed by atoms with Crippen LogP contribution >= 0.6 is 11.8 Å². The van der Waals surface area contributed by atoms with Gasteiger partial charge in [0.1, 0.15) is 0 Å². The summed E-state index contributed by atoms with van der Waals surface area (Å²) in [6.07, 6.45) is -0.320. The van der Waals surface area contributed by atoms with Gasteiger partial charge in [-0.1, -0.05) is 0 Å². The molecule has 0 spiro atoms. The molecule has 1 rings (SSSR count). The van der Waals surface area contributed by atoms with Gasteiger partial charge >= 0.3 is 0 Å². The highest BCUT2D eigenvalue weighted by molar-refractivity contribution is 8.00. The minimum atomic E-state index is -3.32. The number of hydrogen-bond acceptors (Lipinski definition) is 6. The molecule has 21 heavy (non-hydrogen) atoms. The molecule has 0 aliphatic carbocycles. The van der Waals surface area contributed by atoms with E-state index in [-0.39, 0.29) is 18.9 Å². The molecule has 0 radical (unpaired) electrons. The van der Waals surface area contributed by atoms with E-state index in [1.54, 1.807) is 12.1 Å². The normalized spacial score (nSPS) is 13.2. The summed E-state index contributed by atoms with van der Waals surface area (Å²) in [7, 11) is -1.83. The molecule has 0 aliphatic heterocycles. The number of nitrogens with one attached hydrogen (secondary N) is 1. The third-order valence-electron chi connectivity index (χ3n) is 2.66. The van der Waals surface area contributed by atoms with Crippen LogP contribution in [-0.4, -0.2) is 51.4 Å². The molecule has 0 aliphatic rings. The molecule has 8 heteroatoms. The van der Waals surface area contributed by atoms with Crippen LogP contribution in [-0.2, 0) is 14.8 Å². The van der Waals surface area contributed by atoms with Crippen LogP contribution < -0.4 is 10.5 Å². The summed E-state index contributed by atoms with van der Waals surface area (Å²) in [6, 6.07) is 7.29. The van der Waals surface area contributed by atoms with Gasteiger partial charge in [-0.25, -0.2) is 13.1 Å². The Balaban J connectivity index is 2.25. The molecule has 4 N–H and O–H groups in total. The van der Waals surface area contributed by atoms with E-state index in [0.29, 0.717) is 17.9 Å². The molecule has 1 aromatic carbocycles. The lowest BCUT2D eigenvalue weighted by Crippen LogP contribution is -2.31. The summed E-state index contributed by atoms with van der Waals surface area (Å²) in [5.41, 5.74) is 6.26. The molecule has 0 fully saturated rings. The second-order valence-electron chi connectivity index (χ2n) is 4.53. The molecule has 0 saturated heterocycles. The zero-order valence-corrected chi connectivity index (χ0v) is 13.6. The standard InChI is InChI=1S/C13H22N2O4S2/c1-19-10-12(16)6-7-15-21(17,18)9-8-20-13-4-2-11(14)3-5-13/h2-5,12,15-16H,6-10,14H2,1H3. The smallest absolute Gasteiger partial charge is 0.212 e. The fraction of sp³-hybridized carbons (Fsp3) is 0.538. The Morgan fingerprint density at radius 1 is 1.38 bits per heavy atom. The Morgan fingerprint density at radius 3 is 2.67 bits per heavy atom. The Bertz CT molecular complexity index is 505. The van der Waals surface area contributed by atoms with Gasteiger partial charge in [-0.15, -0.1) is 11.8 Å². The average Bonchev–Trinajstić information content (AvgIpc) is 2.41. The summed E-state index contributed by atoms with van der Waals surface area (Å²) in [5, 5.41) is 9.42. The number of aliphatic hydroxyl groups excluding tert-OH is 1. The Hall–Kier alpha value is -0.800. The van der Waals surface area contributed by atoms with Crippen molar-refractivity contribution in [3.8, 4) is 0 Å². The lowest BCUT2D eigenvalue weighted by Gasteiger charge is -2.10. The number of aliphatic hydroxyl groups is 1. The van der Waals surface area contributed by atoms with Gasteiger partial charge in [0.2, 0.25) is 10.0 Å². The SMILES string of the molecule is COCC(O)CCNS(=O)(=O)CCSc1ccc(N)cc1. The van der Waals surface area contributed by atoms with Crippen LogP contribution in [0, 0.1) is 0 Å². The van der Waals surface area contributed by atoms with Crippen molar-refractivity contribution in [3.05, 3.63) is 24.3 Å². The van der Waals surface area contributed by atoms with Crippen molar-refractivity contribution < 1.29 is 18.3 Å². The summed E-state index contributed by atoms with van der Waals surface area (Å²) in [5.74, 6) is 0.488. The second kappa shape index (κ2) is 9.26. The van der Waals surface area contributed by atoms with Crippen molar-refractivity contribution in [2.45, 2.75) is 17.4 Å². The molecular weight excluding hydrogens is 312 g/mol. The van der Waals surface area contributed by atoms with Gasteiger partial charge in [0.25, 0.3) is 0 Å². The van der Waals surface area contributed by atoms with Gasteiger partial charge in [-0.2, -0.15) is 0 Å². The number of benzene rings is 1. The predicted molar refractivity (Wildman–Crippen MR) is 85.9 cm³/mol. The highest BCUT2D eigenvalue weighted by Crippen LogP contribution is 2.19. The Kier molecular flexibility index (Phi) is 8.05. The van der Waals surface area contributed by atoms with Crippen molar-refractivity contribution >= 4 is 27.5 Å². The van der Waals surface area contributed by atoms with Crippen molar-refractivity contribution in [2.75, 3.05) is 37.5 Å². The number of nitrogen functional groups attached to an aromatic ring is 1. The molecule has 0 amide bonds. The van der Waals surface area contributed by atoms with E-state index in [1.807, 2.05) is 12.1 Å². The van der Waals surface area contributed by atoms with Crippen LogP contribution in [0.15, 0.2) is 29.2 Å². The van der Waals surface area contributed by atoms with Crippen LogP contribution in [0.25, 0.3) is 0 Å². The van der Waals surface area contributed by atoms with Gasteiger partial charge < -0.3 is 15.6 Å². The summed E-state index contributed by atoms with van der Waals surface area (Å²) in [4.78, 5) is 0.981. The molecule has 0 aromatic heterocycles. The highest BCUT2D eigenvalue weighted by atomic mass is 32.2. The minimum Gasteiger partial charge on any atom is -0.399 e. The van der Waals surface area contributed by atoms with Crippen molar-refractivity contribution in [3.63, 3.8) is 0 Å². The van der Waals surface area contributed by atoms with Crippen LogP contribution in [0.5, 0.6) is 0 Å². The van der Waals surface area contributed by atoms with E-state index in [2.05, 4.69) is 4.72 Å². The number of sulfonamides is 1. The number of anilines is 1. The zero-order chi connectivity index (χ0) is 15.7. The van der Waals surface area contributed by atoms with E-state index in [1.165, 1.54) is 18.9 Å². The van der Waals surface area contributed by atoms with Crippen molar-refractivity contribution in [2.24, 2.45) is 0 Å². The Labute approximate surface area is 130 Å². The third kappa shape index (κ3) is 8.27. The third-order valence-corrected chi connectivity index (χ3v) is 5.32. The van der Waals surface area contributed by atoms with Crippen LogP contribution in [0.3, 0.4) is 0 Å². The molecule has 1 unspecified atom stereocenters. The number of thioether (sulfide) groups is 1. The molecule has 120 valence electrons. The Morgan fingerprint density at radius 2 is 2.05 bits per heavy atom. The van der Waals surface area contributed by atoms with E-state index in [9.17, 15) is 13.5 Å². The van der Waals surface area contributed by atoms with Gasteiger partial charge in [-0.3, -0.25) is 0 Å². The van der Waals surface area contributed by atoms with Gasteiger partial charge in [-0.05, 0) is 30.7 Å². The first-order chi connectivity index (χ1) is 9.93. The fourth-order valence-corrected chi connectivity index (χ4v) is 3.91. The fourth-order valence-electron chi connectivity index (χ4n) is 1.56. The number of nitrogens with two attached hydrogens (primary N) is 1. The highest BCUT2D eigenvalue weighted by Gasteiger charge is 2.11. The molecule has 1 aromatic rings. The molecule has 0 saturated carbocycles. The van der Waals surface area contributed by atoms with Crippen LogP contribution in [0.2, 0.25) is 0 Å². The predicted octanol–water partition coefficient (Wildman–Crippen LogP) is 0.678. The van der Waals surface area contributed by atoms with Crippen LogP contribution in [0.4, 0.5) is 5.69 Å². The zero-order valence-electron chi connectivity index (χ0n) is 12.0. The first kappa shape index (κ1) is 18.2. The minimum absolute atomic E-state index is 0.0302. The van der Waals surface area contributed by atoms with E-state index < -0.39 is 16.1 Å². The van der Waals surface area contributed by atoms with E-state index in [0.717, 1.165) is 4.90 Å². The van der Waals surface area contributed by atoms with Crippen LogP contribution in [0.1, 0.15) is 6.42 Å². The average molecular weight is 334 g/mol. The molecule has 0 bridgehead atoms. The second-order valence-corrected chi connectivity index (χ2v) is 7.62. The van der Waals surface area contributed by atoms with E-state index in [4.69, 9.17) is 10.5 Å². The van der Waals surface area contributed by atoms with Gasteiger partial charge in [0.15, 0.2) is 0 Å². The number of rotatable bonds is 10. The number of hydrogen-bond donors (Lipinski definition) is 3. The molecule has 1 atom stereocenters. The quantitative estimate of drug-likeness (QED) is 0.429. The lowest BCUT2D eigenvalue weighted by molar-refractivity contribution is 0.0603. The monoisotopic (exact) mass is 334 g/mol. The maximum atomic E-state index is 11.8. The summed E-state index contributed by atoms with van der Waals surface area (Å²) >= 11 is 1.46. The molecular formula is C13H22N2O4S2. The lowest BCUT2D eigenvalue weighted by atomic mass is 10.3. The topological polar surface area (TPSA) is 102 Å². The number of methoxy groups -OCH3 is 1. The molecule has 0 heterocycles. The maximum absolute atomic E-state index is 11.8. The van der Waals surface area contributed by atoms with Gasteiger partial charge in [0.05, 0.1) is 18.5 Å². The first-order valence-electron chi connectivity index (χ1n) is 6.55. The van der Waals surface area contributed by atoms with Crippen molar-refractivity contribution in [1.82, 2.24) is 4.72 Å². The van der Waals surface area contributed by atoms with Crippen molar-refractivity contribution in [1.29, 1.82) is 0 Å². The first-order valence-corrected chi connectivity index (χ1v) is 9.19. The summed E-state index contributed by atoms with van der Waals surface area (Å²) < 4.78 is 30.7. The largest absolute Gasteiger partial charge is 0.399 e. The van der Waals surface area contributed by atoms with E-state index >= 15 is 0 Å². The number of ether oxygens (including phenoxy) is 1. The maximum Gasteiger partial charge on any atom is 0.212 e. The van der Waals surface area contributed by atoms with Gasteiger partial charge in [0, 0.05) is 30.0 Å². The molecule has 6 nitrogen and oxygen atoms in total.